The highest BCUT2D eigenvalue weighted by molar-refractivity contribution is 6.32. The van der Waals surface area contributed by atoms with Crippen LogP contribution in [-0.4, -0.2) is 17.4 Å². The SMILES string of the molecule is O=C(Nc1cccc(OC(F)F)c1)c1ccc(Cl)c([N+](=O)[O-])c1. The predicted molar refractivity (Wildman–Crippen MR) is 79.1 cm³/mol. The molecule has 0 saturated heterocycles. The Balaban J connectivity index is 2.19. The van der Waals surface area contributed by atoms with Gasteiger partial charge in [-0.1, -0.05) is 17.7 Å². The van der Waals surface area contributed by atoms with Crippen LogP contribution in [0.5, 0.6) is 5.75 Å². The summed E-state index contributed by atoms with van der Waals surface area (Å²) in [4.78, 5) is 22.2. The topological polar surface area (TPSA) is 81.5 Å². The summed E-state index contributed by atoms with van der Waals surface area (Å²) in [5.41, 5.74) is -0.207. The van der Waals surface area contributed by atoms with Crippen LogP contribution < -0.4 is 10.1 Å². The van der Waals surface area contributed by atoms with Gasteiger partial charge in [-0.25, -0.2) is 0 Å². The van der Waals surface area contributed by atoms with Crippen LogP contribution in [0.1, 0.15) is 10.4 Å². The number of hydrogen-bond donors (Lipinski definition) is 1. The Labute approximate surface area is 133 Å². The van der Waals surface area contributed by atoms with E-state index in [9.17, 15) is 23.7 Å². The fourth-order valence-electron chi connectivity index (χ4n) is 1.75. The third kappa shape index (κ3) is 4.36. The first-order valence-electron chi connectivity index (χ1n) is 6.17. The number of anilines is 1. The maximum Gasteiger partial charge on any atom is 0.387 e. The average Bonchev–Trinajstić information content (AvgIpc) is 2.46. The zero-order chi connectivity index (χ0) is 17.0. The molecular formula is C14H9ClF2N2O4. The second kappa shape index (κ2) is 7.01. The third-order valence-corrected chi connectivity index (χ3v) is 3.04. The van der Waals surface area contributed by atoms with Crippen molar-refractivity contribution in [1.29, 1.82) is 0 Å². The maximum absolute atomic E-state index is 12.2. The number of carbonyl (C=O) groups is 1. The van der Waals surface area contributed by atoms with E-state index in [0.29, 0.717) is 0 Å². The van der Waals surface area contributed by atoms with Crippen LogP contribution in [-0.2, 0) is 0 Å². The Bertz CT molecular complexity index is 755. The van der Waals surface area contributed by atoms with Gasteiger partial charge in [-0.15, -0.1) is 0 Å². The number of nitrogens with zero attached hydrogens (tertiary/aromatic N) is 1. The number of benzene rings is 2. The molecule has 0 aliphatic rings. The molecule has 0 saturated carbocycles. The standard InChI is InChI=1S/C14H9ClF2N2O4/c15-11-5-4-8(6-12(11)19(21)22)13(20)18-9-2-1-3-10(7-9)23-14(16)17/h1-7,14H,(H,18,20). The monoisotopic (exact) mass is 342 g/mol. The second-order valence-corrected chi connectivity index (χ2v) is 4.69. The molecule has 6 nitrogen and oxygen atoms in total. The summed E-state index contributed by atoms with van der Waals surface area (Å²) in [6.45, 7) is -2.99. The van der Waals surface area contributed by atoms with Crippen molar-refractivity contribution in [1.82, 2.24) is 0 Å². The molecule has 9 heteroatoms. The van der Waals surface area contributed by atoms with Crippen LogP contribution in [0.25, 0.3) is 0 Å². The predicted octanol–water partition coefficient (Wildman–Crippen LogP) is 4.10. The van der Waals surface area contributed by atoms with Crippen LogP contribution in [0.4, 0.5) is 20.2 Å². The van der Waals surface area contributed by atoms with E-state index in [1.54, 1.807) is 0 Å². The van der Waals surface area contributed by atoms with Gasteiger partial charge in [0.1, 0.15) is 10.8 Å². The van der Waals surface area contributed by atoms with Gasteiger partial charge in [-0.3, -0.25) is 14.9 Å². The van der Waals surface area contributed by atoms with E-state index >= 15 is 0 Å². The van der Waals surface area contributed by atoms with Gasteiger partial charge >= 0.3 is 6.61 Å². The summed E-state index contributed by atoms with van der Waals surface area (Å²) in [5, 5.41) is 13.1. The quantitative estimate of drug-likeness (QED) is 0.655. The van der Waals surface area contributed by atoms with Gasteiger partial charge in [-0.2, -0.15) is 8.78 Å². The van der Waals surface area contributed by atoms with Crippen LogP contribution in [0.15, 0.2) is 42.5 Å². The van der Waals surface area contributed by atoms with Crippen LogP contribution >= 0.6 is 11.6 Å². The molecule has 0 bridgehead atoms. The zero-order valence-electron chi connectivity index (χ0n) is 11.3. The van der Waals surface area contributed by atoms with Crippen molar-refractivity contribution in [2.45, 2.75) is 6.61 Å². The number of rotatable bonds is 5. The molecule has 0 aliphatic carbocycles. The van der Waals surface area contributed by atoms with E-state index in [1.807, 2.05) is 0 Å². The summed E-state index contributed by atoms with van der Waals surface area (Å²) in [6, 6.07) is 8.94. The fourth-order valence-corrected chi connectivity index (χ4v) is 1.93. The number of hydrogen-bond acceptors (Lipinski definition) is 4. The Morgan fingerprint density at radius 3 is 2.65 bits per heavy atom. The molecule has 0 fully saturated rings. The van der Waals surface area contributed by atoms with Gasteiger partial charge in [0.15, 0.2) is 0 Å². The minimum Gasteiger partial charge on any atom is -0.435 e. The summed E-state index contributed by atoms with van der Waals surface area (Å²) >= 11 is 5.66. The maximum atomic E-state index is 12.2. The van der Waals surface area contributed by atoms with Gasteiger partial charge in [-0.05, 0) is 24.3 Å². The van der Waals surface area contributed by atoms with Gasteiger partial charge in [0.25, 0.3) is 11.6 Å². The van der Waals surface area contributed by atoms with Crippen LogP contribution in [0.2, 0.25) is 5.02 Å². The molecule has 2 aromatic carbocycles. The van der Waals surface area contributed by atoms with Crippen LogP contribution in [0, 0.1) is 10.1 Å². The van der Waals surface area contributed by atoms with Crippen LogP contribution in [0.3, 0.4) is 0 Å². The highest BCUT2D eigenvalue weighted by Gasteiger charge is 2.16. The van der Waals surface area contributed by atoms with Gasteiger partial charge in [0, 0.05) is 23.4 Å². The lowest BCUT2D eigenvalue weighted by Crippen LogP contribution is -2.12. The van der Waals surface area contributed by atoms with Crippen molar-refractivity contribution in [3.63, 3.8) is 0 Å². The minimum absolute atomic E-state index is 0.00119. The van der Waals surface area contributed by atoms with Gasteiger partial charge in [0.05, 0.1) is 4.92 Å². The van der Waals surface area contributed by atoms with Crippen molar-refractivity contribution in [3.05, 3.63) is 63.2 Å². The molecule has 0 aliphatic heterocycles. The second-order valence-electron chi connectivity index (χ2n) is 4.28. The molecule has 0 atom stereocenters. The molecule has 0 radical (unpaired) electrons. The summed E-state index contributed by atoms with van der Waals surface area (Å²) < 4.78 is 28.5. The molecule has 0 spiro atoms. The highest BCUT2D eigenvalue weighted by Crippen LogP contribution is 2.26. The molecule has 2 rings (SSSR count). The molecule has 23 heavy (non-hydrogen) atoms. The van der Waals surface area contributed by atoms with E-state index in [4.69, 9.17) is 11.6 Å². The van der Waals surface area contributed by atoms with E-state index in [-0.39, 0.29) is 22.0 Å². The zero-order valence-corrected chi connectivity index (χ0v) is 12.1. The van der Waals surface area contributed by atoms with Crippen molar-refractivity contribution in [2.75, 3.05) is 5.32 Å². The number of halogens is 3. The highest BCUT2D eigenvalue weighted by atomic mass is 35.5. The number of ether oxygens (including phenoxy) is 1. The first-order chi connectivity index (χ1) is 10.9. The smallest absolute Gasteiger partial charge is 0.387 e. The largest absolute Gasteiger partial charge is 0.435 e. The van der Waals surface area contributed by atoms with Gasteiger partial charge in [0.2, 0.25) is 0 Å². The van der Waals surface area contributed by atoms with E-state index in [1.165, 1.54) is 36.4 Å². The number of nitro benzene ring substituents is 1. The van der Waals surface area contributed by atoms with E-state index in [2.05, 4.69) is 10.1 Å². The van der Waals surface area contributed by atoms with E-state index < -0.39 is 23.1 Å². The third-order valence-electron chi connectivity index (χ3n) is 2.72. The minimum atomic E-state index is -2.99. The number of nitrogens with one attached hydrogen (secondary N) is 1. The Hall–Kier alpha value is -2.74. The normalized spacial score (nSPS) is 10.4. The van der Waals surface area contributed by atoms with Crippen molar-refractivity contribution < 1.29 is 23.2 Å². The molecule has 2 aromatic rings. The lowest BCUT2D eigenvalue weighted by Gasteiger charge is -2.08. The fraction of sp³-hybridized carbons (Fsp3) is 0.0714. The first-order valence-corrected chi connectivity index (χ1v) is 6.55. The molecule has 0 heterocycles. The van der Waals surface area contributed by atoms with Crippen molar-refractivity contribution in [3.8, 4) is 5.75 Å². The number of carbonyl (C=O) groups excluding carboxylic acids is 1. The number of nitro groups is 1. The summed E-state index contributed by atoms with van der Waals surface area (Å²) in [5.74, 6) is -0.779. The molecule has 0 aromatic heterocycles. The molecule has 0 unspecified atom stereocenters. The van der Waals surface area contributed by atoms with E-state index in [0.717, 1.165) is 6.07 Å². The lowest BCUT2D eigenvalue weighted by atomic mass is 10.2. The first kappa shape index (κ1) is 16.6. The molecule has 120 valence electrons. The molecule has 1 amide bonds. The average molecular weight is 343 g/mol. The Kier molecular flexibility index (Phi) is 5.07. The molecular weight excluding hydrogens is 334 g/mol. The Morgan fingerprint density at radius 1 is 1.26 bits per heavy atom. The van der Waals surface area contributed by atoms with Crippen molar-refractivity contribution >= 4 is 28.9 Å². The number of alkyl halides is 2. The molecule has 1 N–H and O–H groups in total. The summed E-state index contributed by atoms with van der Waals surface area (Å²) in [6.07, 6.45) is 0. The Morgan fingerprint density at radius 2 is 2.00 bits per heavy atom. The van der Waals surface area contributed by atoms with Gasteiger partial charge < -0.3 is 10.1 Å². The number of amides is 1. The summed E-state index contributed by atoms with van der Waals surface area (Å²) in [7, 11) is 0. The lowest BCUT2D eigenvalue weighted by molar-refractivity contribution is -0.384. The van der Waals surface area contributed by atoms with Crippen molar-refractivity contribution in [2.24, 2.45) is 0 Å².